The topological polar surface area (TPSA) is 108 Å². The Hall–Kier alpha value is -4.17. The molecule has 35 heavy (non-hydrogen) atoms. The fourth-order valence-corrected chi connectivity index (χ4v) is 3.78. The number of nitrogens with zero attached hydrogens (tertiary/aromatic N) is 1. The molecule has 0 bridgehead atoms. The molecule has 0 aromatic heterocycles. The molecule has 0 aliphatic carbocycles. The molecule has 0 aliphatic rings. The van der Waals surface area contributed by atoms with Crippen LogP contribution in [0.2, 0.25) is 0 Å². The van der Waals surface area contributed by atoms with Crippen LogP contribution >= 0.6 is 0 Å². The molecule has 3 aromatic rings. The van der Waals surface area contributed by atoms with E-state index in [2.05, 4.69) is 5.32 Å². The average Bonchev–Trinajstić information content (AvgIpc) is 2.88. The van der Waals surface area contributed by atoms with E-state index in [-0.39, 0.29) is 17.4 Å². The standard InChI is InChI=1S/C27H29N3O5/c1-5-30(6-2)27(33)21-14-20(18-7-9-19(10-8-18)25(31)29-34)15-22(16-21)28-26(32)24-12-11-23(35-4)13-17(24)3/h7-16,34H,5-6H2,1-4H3,(H,28,32)(H,29,31). The van der Waals surface area contributed by atoms with E-state index < -0.39 is 5.91 Å². The molecule has 0 spiro atoms. The molecule has 182 valence electrons. The van der Waals surface area contributed by atoms with Crippen molar-refractivity contribution < 1.29 is 24.3 Å². The van der Waals surface area contributed by atoms with Gasteiger partial charge in [0.25, 0.3) is 17.7 Å². The van der Waals surface area contributed by atoms with Crippen LogP contribution in [-0.2, 0) is 0 Å². The summed E-state index contributed by atoms with van der Waals surface area (Å²) in [7, 11) is 1.57. The van der Waals surface area contributed by atoms with E-state index in [4.69, 9.17) is 9.94 Å². The Morgan fingerprint density at radius 1 is 0.857 bits per heavy atom. The van der Waals surface area contributed by atoms with Crippen molar-refractivity contribution in [3.63, 3.8) is 0 Å². The third kappa shape index (κ3) is 5.85. The van der Waals surface area contributed by atoms with Gasteiger partial charge in [0, 0.05) is 35.5 Å². The zero-order valence-corrected chi connectivity index (χ0v) is 20.2. The maximum absolute atomic E-state index is 13.1. The lowest BCUT2D eigenvalue weighted by atomic mass is 9.99. The van der Waals surface area contributed by atoms with Crippen molar-refractivity contribution in [3.05, 3.63) is 82.9 Å². The van der Waals surface area contributed by atoms with Crippen LogP contribution in [0.3, 0.4) is 0 Å². The van der Waals surface area contributed by atoms with Crippen LogP contribution in [0.15, 0.2) is 60.7 Å². The van der Waals surface area contributed by atoms with Crippen LogP contribution in [0, 0.1) is 6.92 Å². The molecule has 0 aliphatic heterocycles. The molecule has 3 aromatic carbocycles. The minimum Gasteiger partial charge on any atom is -0.497 e. The summed E-state index contributed by atoms with van der Waals surface area (Å²) in [5.74, 6) is -0.418. The number of rotatable bonds is 8. The molecule has 8 heteroatoms. The van der Waals surface area contributed by atoms with Crippen molar-refractivity contribution >= 4 is 23.4 Å². The lowest BCUT2D eigenvalue weighted by molar-refractivity contribution is 0.0706. The number of ether oxygens (including phenoxy) is 1. The Morgan fingerprint density at radius 3 is 2.11 bits per heavy atom. The summed E-state index contributed by atoms with van der Waals surface area (Å²) in [6.45, 7) is 6.75. The number of hydroxylamine groups is 1. The van der Waals surface area contributed by atoms with Gasteiger partial charge in [0.1, 0.15) is 5.75 Å². The smallest absolute Gasteiger partial charge is 0.274 e. The molecular weight excluding hydrogens is 446 g/mol. The maximum Gasteiger partial charge on any atom is 0.274 e. The van der Waals surface area contributed by atoms with E-state index in [0.29, 0.717) is 41.2 Å². The Labute approximate surface area is 204 Å². The number of carbonyl (C=O) groups is 3. The Bertz CT molecular complexity index is 1230. The minimum atomic E-state index is -0.621. The molecule has 0 saturated carbocycles. The Kier molecular flexibility index (Phi) is 8.22. The summed E-state index contributed by atoms with van der Waals surface area (Å²) < 4.78 is 5.22. The number of aryl methyl sites for hydroxylation is 1. The summed E-state index contributed by atoms with van der Waals surface area (Å²) >= 11 is 0. The second-order valence-electron chi connectivity index (χ2n) is 7.93. The predicted molar refractivity (Wildman–Crippen MR) is 134 cm³/mol. The lowest BCUT2D eigenvalue weighted by Gasteiger charge is -2.20. The van der Waals surface area contributed by atoms with Crippen LogP contribution < -0.4 is 15.5 Å². The van der Waals surface area contributed by atoms with Crippen LogP contribution in [0.25, 0.3) is 11.1 Å². The van der Waals surface area contributed by atoms with Gasteiger partial charge in [-0.15, -0.1) is 0 Å². The fourth-order valence-electron chi connectivity index (χ4n) is 3.78. The zero-order chi connectivity index (χ0) is 25.5. The third-order valence-corrected chi connectivity index (χ3v) is 5.75. The van der Waals surface area contributed by atoms with Crippen molar-refractivity contribution in [1.29, 1.82) is 0 Å². The number of hydrogen-bond donors (Lipinski definition) is 3. The van der Waals surface area contributed by atoms with E-state index in [1.807, 2.05) is 20.8 Å². The van der Waals surface area contributed by atoms with Crippen LogP contribution in [-0.4, -0.2) is 48.0 Å². The first-order valence-corrected chi connectivity index (χ1v) is 11.3. The van der Waals surface area contributed by atoms with Crippen molar-refractivity contribution in [1.82, 2.24) is 10.4 Å². The van der Waals surface area contributed by atoms with Gasteiger partial charge >= 0.3 is 0 Å². The maximum atomic E-state index is 13.1. The van der Waals surface area contributed by atoms with E-state index in [0.717, 1.165) is 11.1 Å². The highest BCUT2D eigenvalue weighted by Gasteiger charge is 2.17. The highest BCUT2D eigenvalue weighted by Crippen LogP contribution is 2.27. The lowest BCUT2D eigenvalue weighted by Crippen LogP contribution is -2.30. The number of benzene rings is 3. The minimum absolute atomic E-state index is 0.149. The molecule has 3 amide bonds. The third-order valence-electron chi connectivity index (χ3n) is 5.75. The molecule has 3 N–H and O–H groups in total. The first-order valence-electron chi connectivity index (χ1n) is 11.3. The fraction of sp³-hybridized carbons (Fsp3) is 0.222. The van der Waals surface area contributed by atoms with Gasteiger partial charge in [-0.05, 0) is 86.0 Å². The van der Waals surface area contributed by atoms with Gasteiger partial charge in [0.15, 0.2) is 0 Å². The number of nitrogens with one attached hydrogen (secondary N) is 2. The summed E-state index contributed by atoms with van der Waals surface area (Å²) in [5.41, 5.74) is 5.48. The van der Waals surface area contributed by atoms with Gasteiger partial charge < -0.3 is 15.0 Å². The summed E-state index contributed by atoms with van der Waals surface area (Å²) in [6, 6.07) is 17.0. The first kappa shape index (κ1) is 25.5. The SMILES string of the molecule is CCN(CC)C(=O)c1cc(NC(=O)c2ccc(OC)cc2C)cc(-c2ccc(C(=O)NO)cc2)c1. The molecule has 3 rings (SSSR count). The van der Waals surface area contributed by atoms with Crippen molar-refractivity contribution in [2.24, 2.45) is 0 Å². The molecule has 8 nitrogen and oxygen atoms in total. The van der Waals surface area contributed by atoms with E-state index in [9.17, 15) is 14.4 Å². The van der Waals surface area contributed by atoms with Crippen molar-refractivity contribution in [3.8, 4) is 16.9 Å². The summed E-state index contributed by atoms with van der Waals surface area (Å²) in [4.78, 5) is 39.5. The monoisotopic (exact) mass is 475 g/mol. The molecule has 0 atom stereocenters. The number of carbonyl (C=O) groups excluding carboxylic acids is 3. The van der Waals surface area contributed by atoms with E-state index in [1.54, 1.807) is 78.2 Å². The molecule has 0 fully saturated rings. The quantitative estimate of drug-likeness (QED) is 0.328. The predicted octanol–water partition coefficient (Wildman–Crippen LogP) is 4.52. The van der Waals surface area contributed by atoms with Crippen LogP contribution in [0.4, 0.5) is 5.69 Å². The van der Waals surface area contributed by atoms with Crippen LogP contribution in [0.1, 0.15) is 50.5 Å². The first-order chi connectivity index (χ1) is 16.8. The number of hydrogen-bond acceptors (Lipinski definition) is 5. The van der Waals surface area contributed by atoms with Gasteiger partial charge in [0.05, 0.1) is 7.11 Å². The van der Waals surface area contributed by atoms with Gasteiger partial charge in [-0.1, -0.05) is 12.1 Å². The van der Waals surface area contributed by atoms with Crippen molar-refractivity contribution in [2.75, 3.05) is 25.5 Å². The summed E-state index contributed by atoms with van der Waals surface area (Å²) in [6.07, 6.45) is 0. The molecule has 0 heterocycles. The normalized spacial score (nSPS) is 10.4. The van der Waals surface area contributed by atoms with Gasteiger partial charge in [0.2, 0.25) is 0 Å². The van der Waals surface area contributed by atoms with E-state index in [1.165, 1.54) is 0 Å². The number of amides is 3. The Morgan fingerprint density at radius 2 is 1.54 bits per heavy atom. The van der Waals surface area contributed by atoms with Crippen molar-refractivity contribution in [2.45, 2.75) is 20.8 Å². The number of anilines is 1. The molecule has 0 radical (unpaired) electrons. The molecule has 0 unspecified atom stereocenters. The van der Waals surface area contributed by atoms with Gasteiger partial charge in [-0.25, -0.2) is 5.48 Å². The highest BCUT2D eigenvalue weighted by atomic mass is 16.5. The van der Waals surface area contributed by atoms with Gasteiger partial charge in [-0.2, -0.15) is 0 Å². The zero-order valence-electron chi connectivity index (χ0n) is 20.2. The average molecular weight is 476 g/mol. The summed E-state index contributed by atoms with van der Waals surface area (Å²) in [5, 5.41) is 11.8. The second kappa shape index (κ2) is 11.3. The highest BCUT2D eigenvalue weighted by molar-refractivity contribution is 6.06. The van der Waals surface area contributed by atoms with Crippen LogP contribution in [0.5, 0.6) is 5.75 Å². The largest absolute Gasteiger partial charge is 0.497 e. The second-order valence-corrected chi connectivity index (χ2v) is 7.93. The molecular formula is C27H29N3O5. The Balaban J connectivity index is 2.01. The molecule has 0 saturated heterocycles. The van der Waals surface area contributed by atoms with E-state index >= 15 is 0 Å². The number of methoxy groups -OCH3 is 1. The van der Waals surface area contributed by atoms with Gasteiger partial charge in [-0.3, -0.25) is 19.6 Å².